The Morgan fingerprint density at radius 2 is 1.93 bits per heavy atom. The highest BCUT2D eigenvalue weighted by Crippen LogP contribution is 2.11. The minimum Gasteiger partial charge on any atom is -0.321 e. The number of benzene rings is 1. The molecule has 84 valence electrons. The lowest BCUT2D eigenvalue weighted by Crippen LogP contribution is -2.24. The molecule has 1 unspecified atom stereocenters. The molecule has 15 heavy (non-hydrogen) atoms. The van der Waals surface area contributed by atoms with Gasteiger partial charge < -0.3 is 10.5 Å². The van der Waals surface area contributed by atoms with Crippen LogP contribution in [0.5, 0.6) is 0 Å². The molecule has 0 heterocycles. The molecular formula is C13H21NO. The summed E-state index contributed by atoms with van der Waals surface area (Å²) in [4.78, 5) is 10.4. The second kappa shape index (κ2) is 7.18. The average Bonchev–Trinajstić information content (AvgIpc) is 2.26. The van der Waals surface area contributed by atoms with Crippen LogP contribution in [-0.4, -0.2) is 12.3 Å². The van der Waals surface area contributed by atoms with Crippen LogP contribution in [0.2, 0.25) is 0 Å². The van der Waals surface area contributed by atoms with Crippen LogP contribution in [0.3, 0.4) is 0 Å². The van der Waals surface area contributed by atoms with Crippen molar-refractivity contribution in [2.24, 2.45) is 5.73 Å². The largest absolute Gasteiger partial charge is 0.321 e. The molecular weight excluding hydrogens is 186 g/mol. The first-order chi connectivity index (χ1) is 7.13. The van der Waals surface area contributed by atoms with E-state index in [1.165, 1.54) is 16.7 Å². The van der Waals surface area contributed by atoms with E-state index in [-0.39, 0.29) is 6.04 Å². The highest BCUT2D eigenvalue weighted by atomic mass is 16.1. The predicted octanol–water partition coefficient (Wildman–Crippen LogP) is 2.40. The molecule has 1 rings (SSSR count). The number of aryl methyl sites for hydroxylation is 2. The van der Waals surface area contributed by atoms with Crippen molar-refractivity contribution in [3.63, 3.8) is 0 Å². The number of hydrogen-bond donors (Lipinski definition) is 1. The molecule has 2 heteroatoms. The Balaban J connectivity index is 0.000000921. The maximum atomic E-state index is 10.4. The van der Waals surface area contributed by atoms with E-state index in [2.05, 4.69) is 18.2 Å². The van der Waals surface area contributed by atoms with Gasteiger partial charge in [-0.25, -0.2) is 0 Å². The quantitative estimate of drug-likeness (QED) is 0.773. The van der Waals surface area contributed by atoms with E-state index in [1.54, 1.807) is 0 Å². The molecule has 0 amide bonds. The van der Waals surface area contributed by atoms with Crippen LogP contribution >= 0.6 is 0 Å². The van der Waals surface area contributed by atoms with Crippen LogP contribution in [0.15, 0.2) is 18.2 Å². The summed E-state index contributed by atoms with van der Waals surface area (Å²) in [6, 6.07) is 5.83. The summed E-state index contributed by atoms with van der Waals surface area (Å²) in [5.41, 5.74) is 9.13. The van der Waals surface area contributed by atoms with Gasteiger partial charge in [-0.05, 0) is 31.4 Å². The van der Waals surface area contributed by atoms with E-state index in [0.717, 1.165) is 6.29 Å². The van der Waals surface area contributed by atoms with Crippen LogP contribution in [-0.2, 0) is 11.2 Å². The van der Waals surface area contributed by atoms with E-state index in [4.69, 9.17) is 5.73 Å². The van der Waals surface area contributed by atoms with E-state index in [9.17, 15) is 4.79 Å². The van der Waals surface area contributed by atoms with Crippen LogP contribution in [0.25, 0.3) is 0 Å². The SMILES string of the molecule is CC.Cc1ccc(C)c(CC(N)C=O)c1. The molecule has 0 bridgehead atoms. The van der Waals surface area contributed by atoms with Crippen molar-refractivity contribution in [3.8, 4) is 0 Å². The van der Waals surface area contributed by atoms with Crippen molar-refractivity contribution in [1.29, 1.82) is 0 Å². The molecule has 1 aromatic rings. The van der Waals surface area contributed by atoms with Crippen LogP contribution < -0.4 is 5.73 Å². The van der Waals surface area contributed by atoms with Crippen molar-refractivity contribution in [2.45, 2.75) is 40.2 Å². The third kappa shape index (κ3) is 4.75. The number of hydrogen-bond acceptors (Lipinski definition) is 2. The van der Waals surface area contributed by atoms with Gasteiger partial charge >= 0.3 is 0 Å². The van der Waals surface area contributed by atoms with Crippen molar-refractivity contribution < 1.29 is 4.79 Å². The van der Waals surface area contributed by atoms with Crippen LogP contribution in [0.4, 0.5) is 0 Å². The average molecular weight is 207 g/mol. The standard InChI is InChI=1S/C11H15NO.C2H6/c1-8-3-4-9(2)10(5-8)6-11(12)7-13;1-2/h3-5,7,11H,6,12H2,1-2H3;1-2H3. The molecule has 0 aliphatic rings. The minimum absolute atomic E-state index is 0.375. The number of carbonyl (C=O) groups is 1. The zero-order valence-electron chi connectivity index (χ0n) is 10.1. The van der Waals surface area contributed by atoms with Crippen molar-refractivity contribution in [3.05, 3.63) is 34.9 Å². The predicted molar refractivity (Wildman–Crippen MR) is 65.0 cm³/mol. The van der Waals surface area contributed by atoms with E-state index in [1.807, 2.05) is 27.7 Å². The highest BCUT2D eigenvalue weighted by molar-refractivity contribution is 5.58. The van der Waals surface area contributed by atoms with Gasteiger partial charge in [-0.1, -0.05) is 37.6 Å². The van der Waals surface area contributed by atoms with Gasteiger partial charge in [-0.15, -0.1) is 0 Å². The Hall–Kier alpha value is -1.15. The first-order valence-corrected chi connectivity index (χ1v) is 5.40. The summed E-state index contributed by atoms with van der Waals surface area (Å²) in [6.45, 7) is 8.07. The van der Waals surface area contributed by atoms with E-state index >= 15 is 0 Å². The minimum atomic E-state index is -0.375. The summed E-state index contributed by atoms with van der Waals surface area (Å²) in [6.07, 6.45) is 1.43. The summed E-state index contributed by atoms with van der Waals surface area (Å²) in [7, 11) is 0. The van der Waals surface area contributed by atoms with Gasteiger partial charge in [0.05, 0.1) is 6.04 Å². The Morgan fingerprint density at radius 3 is 2.47 bits per heavy atom. The van der Waals surface area contributed by atoms with Crippen molar-refractivity contribution in [1.82, 2.24) is 0 Å². The topological polar surface area (TPSA) is 43.1 Å². The molecule has 0 fully saturated rings. The van der Waals surface area contributed by atoms with Gasteiger partial charge in [0, 0.05) is 0 Å². The maximum absolute atomic E-state index is 10.4. The first-order valence-electron chi connectivity index (χ1n) is 5.40. The van der Waals surface area contributed by atoms with Crippen LogP contribution in [0, 0.1) is 13.8 Å². The molecule has 0 aliphatic heterocycles. The summed E-state index contributed by atoms with van der Waals surface area (Å²) in [5, 5.41) is 0. The lowest BCUT2D eigenvalue weighted by molar-refractivity contribution is -0.108. The molecule has 0 aliphatic carbocycles. The van der Waals surface area contributed by atoms with Gasteiger partial charge in [0.25, 0.3) is 0 Å². The molecule has 0 saturated carbocycles. The van der Waals surface area contributed by atoms with Crippen LogP contribution in [0.1, 0.15) is 30.5 Å². The van der Waals surface area contributed by atoms with Gasteiger partial charge in [0.2, 0.25) is 0 Å². The van der Waals surface area contributed by atoms with E-state index < -0.39 is 0 Å². The molecule has 0 saturated heterocycles. The fraction of sp³-hybridized carbons (Fsp3) is 0.462. The third-order valence-corrected chi connectivity index (χ3v) is 2.14. The molecule has 1 atom stereocenters. The first kappa shape index (κ1) is 13.8. The maximum Gasteiger partial charge on any atom is 0.137 e. The van der Waals surface area contributed by atoms with Crippen molar-refractivity contribution in [2.75, 3.05) is 0 Å². The Kier molecular flexibility index (Phi) is 6.63. The lowest BCUT2D eigenvalue weighted by atomic mass is 10.00. The lowest BCUT2D eigenvalue weighted by Gasteiger charge is -2.08. The fourth-order valence-corrected chi connectivity index (χ4v) is 1.32. The van der Waals surface area contributed by atoms with Gasteiger partial charge in [0.1, 0.15) is 6.29 Å². The van der Waals surface area contributed by atoms with Crippen molar-refractivity contribution >= 4 is 6.29 Å². The zero-order chi connectivity index (χ0) is 11.8. The molecule has 1 aromatic carbocycles. The monoisotopic (exact) mass is 207 g/mol. The molecule has 2 N–H and O–H groups in total. The molecule has 0 radical (unpaired) electrons. The third-order valence-electron chi connectivity index (χ3n) is 2.14. The number of nitrogens with two attached hydrogens (primary N) is 1. The normalized spacial score (nSPS) is 11.3. The Morgan fingerprint density at radius 1 is 1.33 bits per heavy atom. The smallest absolute Gasteiger partial charge is 0.137 e. The zero-order valence-corrected chi connectivity index (χ0v) is 10.1. The second-order valence-corrected chi connectivity index (χ2v) is 3.43. The summed E-state index contributed by atoms with van der Waals surface area (Å²) < 4.78 is 0. The highest BCUT2D eigenvalue weighted by Gasteiger charge is 2.04. The Labute approximate surface area is 92.5 Å². The van der Waals surface area contributed by atoms with E-state index in [0.29, 0.717) is 6.42 Å². The fourth-order valence-electron chi connectivity index (χ4n) is 1.32. The molecule has 2 nitrogen and oxygen atoms in total. The van der Waals surface area contributed by atoms with Gasteiger partial charge in [-0.3, -0.25) is 0 Å². The molecule has 0 spiro atoms. The second-order valence-electron chi connectivity index (χ2n) is 3.43. The number of aldehydes is 1. The summed E-state index contributed by atoms with van der Waals surface area (Å²) in [5.74, 6) is 0. The summed E-state index contributed by atoms with van der Waals surface area (Å²) >= 11 is 0. The number of rotatable bonds is 3. The van der Waals surface area contributed by atoms with Gasteiger partial charge in [-0.2, -0.15) is 0 Å². The number of carbonyl (C=O) groups excluding carboxylic acids is 1. The van der Waals surface area contributed by atoms with Gasteiger partial charge in [0.15, 0.2) is 0 Å². The Bertz CT molecular complexity index is 307. The molecule has 0 aromatic heterocycles.